The summed E-state index contributed by atoms with van der Waals surface area (Å²) in [5.74, 6) is -0.411. The summed E-state index contributed by atoms with van der Waals surface area (Å²) in [6.45, 7) is 8.34. The molecule has 0 N–H and O–H groups in total. The monoisotopic (exact) mass is 585 g/mol. The minimum Gasteiger partial charge on any atom is -0.460 e. The first-order chi connectivity index (χ1) is 19.9. The van der Waals surface area contributed by atoms with E-state index in [1.165, 1.54) is 4.57 Å². The van der Waals surface area contributed by atoms with Crippen LogP contribution in [-0.4, -0.2) is 83.5 Å². The fourth-order valence-electron chi connectivity index (χ4n) is 4.07. The van der Waals surface area contributed by atoms with Gasteiger partial charge in [0, 0.05) is 33.4 Å². The summed E-state index contributed by atoms with van der Waals surface area (Å²) in [5.41, 5.74) is -0.0847. The Kier molecular flexibility index (Phi) is 12.0. The lowest BCUT2D eigenvalue weighted by molar-refractivity contribution is -0.163. The molecule has 230 valence electrons. The fourth-order valence-corrected chi connectivity index (χ4v) is 4.07. The normalized spacial score (nSPS) is 17.7. The van der Waals surface area contributed by atoms with Gasteiger partial charge < -0.3 is 28.7 Å². The van der Waals surface area contributed by atoms with Crippen LogP contribution in [0.4, 0.5) is 10.6 Å². The van der Waals surface area contributed by atoms with Gasteiger partial charge in [0.15, 0.2) is 18.3 Å². The maximum absolute atomic E-state index is 12.8. The number of carbonyl (C=O) groups is 2. The van der Waals surface area contributed by atoms with E-state index in [9.17, 15) is 14.4 Å². The summed E-state index contributed by atoms with van der Waals surface area (Å²) < 4.78 is 23.7. The molecule has 0 aliphatic carbocycles. The van der Waals surface area contributed by atoms with E-state index in [0.717, 1.165) is 12.0 Å². The van der Waals surface area contributed by atoms with Crippen molar-refractivity contribution in [3.05, 3.63) is 58.6 Å². The van der Waals surface area contributed by atoms with Gasteiger partial charge >= 0.3 is 17.8 Å². The molecule has 1 saturated heterocycles. The summed E-state index contributed by atoms with van der Waals surface area (Å²) >= 11 is 0. The van der Waals surface area contributed by atoms with Gasteiger partial charge in [-0.2, -0.15) is 4.98 Å². The van der Waals surface area contributed by atoms with Gasteiger partial charge in [0.25, 0.3) is 0 Å². The van der Waals surface area contributed by atoms with Crippen LogP contribution >= 0.6 is 0 Å². The van der Waals surface area contributed by atoms with E-state index in [2.05, 4.69) is 9.98 Å². The van der Waals surface area contributed by atoms with E-state index >= 15 is 0 Å². The number of nitrogens with zero attached hydrogens (tertiary/aromatic N) is 5. The zero-order valence-electron chi connectivity index (χ0n) is 25.4. The third-order valence-corrected chi connectivity index (χ3v) is 6.23. The Bertz CT molecular complexity index is 1240. The number of benzene rings is 1. The van der Waals surface area contributed by atoms with Gasteiger partial charge in [-0.1, -0.05) is 43.7 Å². The third-order valence-electron chi connectivity index (χ3n) is 6.23. The smallest absolute Gasteiger partial charge is 0.410 e. The summed E-state index contributed by atoms with van der Waals surface area (Å²) in [7, 11) is 3.63. The molecule has 12 heteroatoms. The van der Waals surface area contributed by atoms with Gasteiger partial charge in [-0.3, -0.25) is 9.36 Å². The molecule has 3 atom stereocenters. The number of aliphatic imine (C=N–C) groups is 1. The SMILES string of the molecule is CC(CCCCN(Cc1ccccc1)C(=O)OC(C)(C)C)C(=O)OC[C@H]1OC[C@@H](n2ccc(N=CN(C)C)nc2=O)O1. The second-order valence-electron chi connectivity index (χ2n) is 11.5. The van der Waals surface area contributed by atoms with Crippen LogP contribution in [0.2, 0.25) is 0 Å². The number of ether oxygens (including phenoxy) is 4. The highest BCUT2D eigenvalue weighted by molar-refractivity contribution is 5.72. The number of rotatable bonds is 13. The molecule has 0 radical (unpaired) electrons. The lowest BCUT2D eigenvalue weighted by atomic mass is 10.0. The van der Waals surface area contributed by atoms with Crippen molar-refractivity contribution >= 4 is 24.2 Å². The molecular weight excluding hydrogens is 542 g/mol. The van der Waals surface area contributed by atoms with Crippen LogP contribution in [0, 0.1) is 5.92 Å². The topological polar surface area (TPSA) is 125 Å². The van der Waals surface area contributed by atoms with Crippen molar-refractivity contribution in [3.63, 3.8) is 0 Å². The van der Waals surface area contributed by atoms with Crippen molar-refractivity contribution in [2.75, 3.05) is 33.9 Å². The standard InChI is InChI=1S/C30H43N5O7/c1-22(12-10-11-16-34(29(38)42-30(2,3)4)18-23-13-8-7-9-14-23)27(36)40-20-26-39-19-25(41-26)35-17-15-24(32-28(35)37)31-21-33(5)6/h7-9,13-15,17,21-22,25-26H,10-12,16,18-20H2,1-6H3/t22?,25-,26-/m0/s1. The van der Waals surface area contributed by atoms with E-state index < -0.39 is 23.8 Å². The van der Waals surface area contributed by atoms with Crippen LogP contribution in [-0.2, 0) is 30.3 Å². The number of carbonyl (C=O) groups excluding carboxylic acids is 2. The largest absolute Gasteiger partial charge is 0.460 e. The first-order valence-electron chi connectivity index (χ1n) is 14.2. The number of hydrogen-bond donors (Lipinski definition) is 0. The maximum Gasteiger partial charge on any atom is 0.410 e. The molecule has 1 amide bonds. The maximum atomic E-state index is 12.8. The second kappa shape index (κ2) is 15.5. The van der Waals surface area contributed by atoms with Crippen molar-refractivity contribution in [2.45, 2.75) is 71.6 Å². The van der Waals surface area contributed by atoms with E-state index in [4.69, 9.17) is 18.9 Å². The Balaban J connectivity index is 1.41. The lowest BCUT2D eigenvalue weighted by Crippen LogP contribution is -2.37. The van der Waals surface area contributed by atoms with Crippen molar-refractivity contribution in [1.29, 1.82) is 0 Å². The number of unbranched alkanes of at least 4 members (excludes halogenated alkanes) is 1. The summed E-state index contributed by atoms with van der Waals surface area (Å²) in [6.07, 6.45) is 3.32. The van der Waals surface area contributed by atoms with Gasteiger partial charge in [0.1, 0.15) is 12.2 Å². The Hall–Kier alpha value is -3.77. The molecule has 0 saturated carbocycles. The second-order valence-corrected chi connectivity index (χ2v) is 11.5. The number of aromatic nitrogens is 2. The zero-order chi connectivity index (χ0) is 30.7. The summed E-state index contributed by atoms with van der Waals surface area (Å²) in [5, 5.41) is 0. The Morgan fingerprint density at radius 1 is 1.19 bits per heavy atom. The van der Waals surface area contributed by atoms with Crippen molar-refractivity contribution in [3.8, 4) is 0 Å². The van der Waals surface area contributed by atoms with Gasteiger partial charge in [0.2, 0.25) is 0 Å². The molecule has 42 heavy (non-hydrogen) atoms. The van der Waals surface area contributed by atoms with E-state index in [-0.39, 0.29) is 37.0 Å². The predicted octanol–water partition coefficient (Wildman–Crippen LogP) is 4.12. The first kappa shape index (κ1) is 32.7. The summed E-state index contributed by atoms with van der Waals surface area (Å²) in [4.78, 5) is 49.3. The summed E-state index contributed by atoms with van der Waals surface area (Å²) in [6, 6.07) is 11.4. The van der Waals surface area contributed by atoms with Crippen LogP contribution in [0.1, 0.15) is 58.7 Å². The number of amides is 1. The van der Waals surface area contributed by atoms with Crippen LogP contribution in [0.5, 0.6) is 0 Å². The lowest BCUT2D eigenvalue weighted by Gasteiger charge is -2.27. The van der Waals surface area contributed by atoms with E-state index in [1.54, 1.807) is 28.4 Å². The average Bonchev–Trinajstić information content (AvgIpc) is 3.40. The van der Waals surface area contributed by atoms with Gasteiger partial charge in [-0.05, 0) is 45.2 Å². The highest BCUT2D eigenvalue weighted by Gasteiger charge is 2.30. The minimum atomic E-state index is -0.787. The van der Waals surface area contributed by atoms with E-state index in [1.807, 2.05) is 72.1 Å². The van der Waals surface area contributed by atoms with Crippen molar-refractivity contribution < 1.29 is 28.5 Å². The molecule has 1 fully saturated rings. The molecule has 2 aromatic rings. The minimum absolute atomic E-state index is 0.0867. The number of esters is 1. The Labute approximate surface area is 247 Å². The highest BCUT2D eigenvalue weighted by atomic mass is 16.7. The Morgan fingerprint density at radius 3 is 2.60 bits per heavy atom. The van der Waals surface area contributed by atoms with Crippen LogP contribution < -0.4 is 5.69 Å². The van der Waals surface area contributed by atoms with Crippen LogP contribution in [0.15, 0.2) is 52.4 Å². The molecule has 0 spiro atoms. The molecular formula is C30H43N5O7. The van der Waals surface area contributed by atoms with Crippen molar-refractivity contribution in [1.82, 2.24) is 19.4 Å². The molecule has 1 aromatic heterocycles. The first-order valence-corrected chi connectivity index (χ1v) is 14.2. The third kappa shape index (κ3) is 10.9. The van der Waals surface area contributed by atoms with Gasteiger partial charge in [0.05, 0.1) is 18.9 Å². The molecule has 1 aliphatic heterocycles. The molecule has 1 unspecified atom stereocenters. The van der Waals surface area contributed by atoms with Crippen molar-refractivity contribution in [2.24, 2.45) is 10.9 Å². The molecule has 3 rings (SSSR count). The fraction of sp³-hybridized carbons (Fsp3) is 0.567. The molecule has 1 aliphatic rings. The van der Waals surface area contributed by atoms with Crippen LogP contribution in [0.25, 0.3) is 0 Å². The quantitative estimate of drug-likeness (QED) is 0.148. The zero-order valence-corrected chi connectivity index (χ0v) is 25.4. The average molecular weight is 586 g/mol. The molecule has 2 heterocycles. The molecule has 1 aromatic carbocycles. The highest BCUT2D eigenvalue weighted by Crippen LogP contribution is 2.21. The van der Waals surface area contributed by atoms with E-state index in [0.29, 0.717) is 25.9 Å². The molecule has 0 bridgehead atoms. The predicted molar refractivity (Wildman–Crippen MR) is 157 cm³/mol. The molecule has 12 nitrogen and oxygen atoms in total. The van der Waals surface area contributed by atoms with Gasteiger partial charge in [-0.15, -0.1) is 0 Å². The van der Waals surface area contributed by atoms with Crippen LogP contribution in [0.3, 0.4) is 0 Å². The Morgan fingerprint density at radius 2 is 1.93 bits per heavy atom. The van der Waals surface area contributed by atoms with Gasteiger partial charge in [-0.25, -0.2) is 14.6 Å². The number of hydrogen-bond acceptors (Lipinski definition) is 9.